The van der Waals surface area contributed by atoms with Crippen molar-refractivity contribution in [2.45, 2.75) is 24.5 Å². The summed E-state index contributed by atoms with van der Waals surface area (Å²) in [6.07, 6.45) is 6.96. The molecule has 2 aromatic rings. The van der Waals surface area contributed by atoms with Gasteiger partial charge in [-0.2, -0.15) is 12.6 Å². The molecule has 14 heavy (non-hydrogen) atoms. The van der Waals surface area contributed by atoms with Crippen molar-refractivity contribution in [2.24, 2.45) is 0 Å². The Morgan fingerprint density at radius 1 is 1.36 bits per heavy atom. The van der Waals surface area contributed by atoms with Gasteiger partial charge in [-0.1, -0.05) is 6.07 Å². The summed E-state index contributed by atoms with van der Waals surface area (Å²) in [4.78, 5) is 4.44. The van der Waals surface area contributed by atoms with E-state index in [-0.39, 0.29) is 0 Å². The molecular formula is C11H12N2S. The van der Waals surface area contributed by atoms with Crippen LogP contribution in [0.1, 0.15) is 30.0 Å². The molecule has 0 amide bonds. The van der Waals surface area contributed by atoms with Gasteiger partial charge in [0, 0.05) is 18.1 Å². The van der Waals surface area contributed by atoms with Crippen molar-refractivity contribution < 1.29 is 0 Å². The number of hydrogen-bond donors (Lipinski definition) is 1. The van der Waals surface area contributed by atoms with Crippen LogP contribution in [0.15, 0.2) is 24.5 Å². The molecule has 2 heterocycles. The van der Waals surface area contributed by atoms with Gasteiger partial charge in [0.1, 0.15) is 5.65 Å². The smallest absolute Gasteiger partial charge is 0.137 e. The van der Waals surface area contributed by atoms with Gasteiger partial charge < -0.3 is 4.40 Å². The highest BCUT2D eigenvalue weighted by atomic mass is 32.1. The second-order valence-corrected chi connectivity index (χ2v) is 4.21. The summed E-state index contributed by atoms with van der Waals surface area (Å²) in [5.74, 6) is 1.52. The molecule has 0 aliphatic heterocycles. The highest BCUT2D eigenvalue weighted by Crippen LogP contribution is 2.39. The lowest BCUT2D eigenvalue weighted by atomic mass is 10.2. The molecule has 0 aromatic carbocycles. The zero-order valence-electron chi connectivity index (χ0n) is 7.85. The van der Waals surface area contributed by atoms with Crippen LogP contribution in [0.25, 0.3) is 5.65 Å². The molecule has 2 aromatic heterocycles. The average Bonchev–Trinajstić information content (AvgIpc) is 2.97. The minimum atomic E-state index is 0.709. The molecule has 0 saturated heterocycles. The third-order valence-corrected chi connectivity index (χ3v) is 3.06. The molecule has 0 radical (unpaired) electrons. The van der Waals surface area contributed by atoms with E-state index in [2.05, 4.69) is 46.5 Å². The third kappa shape index (κ3) is 1.32. The van der Waals surface area contributed by atoms with Crippen LogP contribution in [-0.4, -0.2) is 9.38 Å². The van der Waals surface area contributed by atoms with Crippen LogP contribution in [0.5, 0.6) is 0 Å². The molecule has 3 rings (SSSR count). The Balaban J connectivity index is 2.12. The Morgan fingerprint density at radius 3 is 2.93 bits per heavy atom. The number of imidazole rings is 1. The Labute approximate surface area is 88.4 Å². The van der Waals surface area contributed by atoms with Crippen LogP contribution < -0.4 is 0 Å². The van der Waals surface area contributed by atoms with Crippen molar-refractivity contribution in [1.29, 1.82) is 0 Å². The molecule has 1 aliphatic rings. The first-order valence-corrected chi connectivity index (χ1v) is 5.58. The minimum absolute atomic E-state index is 0.709. The molecule has 0 bridgehead atoms. The van der Waals surface area contributed by atoms with Gasteiger partial charge in [-0.3, -0.25) is 0 Å². The first-order chi connectivity index (χ1) is 6.86. The fourth-order valence-electron chi connectivity index (χ4n) is 1.80. The van der Waals surface area contributed by atoms with Crippen LogP contribution in [-0.2, 0) is 5.75 Å². The van der Waals surface area contributed by atoms with Crippen molar-refractivity contribution in [1.82, 2.24) is 9.38 Å². The standard InChI is InChI=1S/C11H12N2S/c14-7-10-6-13-5-9(8-1-2-8)3-4-11(13)12-10/h3-6,8,14H,1-2,7H2. The predicted molar refractivity (Wildman–Crippen MR) is 59.9 cm³/mol. The van der Waals surface area contributed by atoms with Crippen molar-refractivity contribution in [2.75, 3.05) is 0 Å². The van der Waals surface area contributed by atoms with E-state index >= 15 is 0 Å². The molecule has 1 aliphatic carbocycles. The van der Waals surface area contributed by atoms with Gasteiger partial charge in [0.15, 0.2) is 0 Å². The first kappa shape index (κ1) is 8.36. The largest absolute Gasteiger partial charge is 0.307 e. The molecule has 2 nitrogen and oxygen atoms in total. The van der Waals surface area contributed by atoms with Crippen molar-refractivity contribution in [3.05, 3.63) is 35.8 Å². The average molecular weight is 204 g/mol. The summed E-state index contributed by atoms with van der Waals surface area (Å²) in [6, 6.07) is 4.29. The molecule has 1 fully saturated rings. The molecular weight excluding hydrogens is 192 g/mol. The first-order valence-electron chi connectivity index (χ1n) is 4.95. The Kier molecular flexibility index (Phi) is 1.80. The Hall–Kier alpha value is -0.960. The molecule has 0 atom stereocenters. The van der Waals surface area contributed by atoms with Crippen molar-refractivity contribution >= 4 is 18.3 Å². The van der Waals surface area contributed by atoms with E-state index in [1.165, 1.54) is 18.4 Å². The fraction of sp³-hybridized carbons (Fsp3) is 0.364. The van der Waals surface area contributed by atoms with Gasteiger partial charge in [0.25, 0.3) is 0 Å². The molecule has 0 unspecified atom stereocenters. The number of hydrogen-bond acceptors (Lipinski definition) is 2. The summed E-state index contributed by atoms with van der Waals surface area (Å²) in [5, 5.41) is 0. The topological polar surface area (TPSA) is 17.3 Å². The van der Waals surface area contributed by atoms with E-state index in [0.717, 1.165) is 17.3 Å². The minimum Gasteiger partial charge on any atom is -0.307 e. The van der Waals surface area contributed by atoms with E-state index in [9.17, 15) is 0 Å². The zero-order chi connectivity index (χ0) is 9.54. The molecule has 72 valence electrons. The number of fused-ring (bicyclic) bond motifs is 1. The number of aromatic nitrogens is 2. The summed E-state index contributed by atoms with van der Waals surface area (Å²) < 4.78 is 2.11. The number of pyridine rings is 1. The van der Waals surface area contributed by atoms with E-state index < -0.39 is 0 Å². The van der Waals surface area contributed by atoms with Crippen LogP contribution in [0.3, 0.4) is 0 Å². The lowest BCUT2D eigenvalue weighted by Gasteiger charge is -1.98. The van der Waals surface area contributed by atoms with Gasteiger partial charge in [0.2, 0.25) is 0 Å². The van der Waals surface area contributed by atoms with Gasteiger partial charge in [-0.05, 0) is 30.4 Å². The molecule has 3 heteroatoms. The molecule has 1 saturated carbocycles. The maximum Gasteiger partial charge on any atom is 0.137 e. The van der Waals surface area contributed by atoms with Gasteiger partial charge >= 0.3 is 0 Å². The van der Waals surface area contributed by atoms with E-state index in [1.54, 1.807) is 0 Å². The Bertz CT molecular complexity index is 471. The summed E-state index contributed by atoms with van der Waals surface area (Å²) in [5.41, 5.74) is 3.51. The van der Waals surface area contributed by atoms with Crippen LogP contribution >= 0.6 is 12.6 Å². The second-order valence-electron chi connectivity index (χ2n) is 3.89. The Morgan fingerprint density at radius 2 is 2.21 bits per heavy atom. The maximum atomic E-state index is 4.44. The lowest BCUT2D eigenvalue weighted by Crippen LogP contribution is -1.86. The van der Waals surface area contributed by atoms with Gasteiger partial charge in [-0.25, -0.2) is 4.98 Å². The third-order valence-electron chi connectivity index (χ3n) is 2.73. The number of nitrogens with zero attached hydrogens (tertiary/aromatic N) is 2. The summed E-state index contributed by atoms with van der Waals surface area (Å²) >= 11 is 4.22. The number of rotatable bonds is 2. The highest BCUT2D eigenvalue weighted by Gasteiger charge is 2.23. The predicted octanol–water partition coefficient (Wildman–Crippen LogP) is 2.64. The van der Waals surface area contributed by atoms with E-state index in [0.29, 0.717) is 5.75 Å². The highest BCUT2D eigenvalue weighted by molar-refractivity contribution is 7.79. The fourth-order valence-corrected chi connectivity index (χ4v) is 1.95. The lowest BCUT2D eigenvalue weighted by molar-refractivity contribution is 1.06. The van der Waals surface area contributed by atoms with Gasteiger partial charge in [-0.15, -0.1) is 0 Å². The maximum absolute atomic E-state index is 4.44. The van der Waals surface area contributed by atoms with Gasteiger partial charge in [0.05, 0.1) is 5.69 Å². The van der Waals surface area contributed by atoms with E-state index in [1.807, 2.05) is 0 Å². The summed E-state index contributed by atoms with van der Waals surface area (Å²) in [6.45, 7) is 0. The second kappa shape index (κ2) is 3.02. The monoisotopic (exact) mass is 204 g/mol. The van der Waals surface area contributed by atoms with Crippen molar-refractivity contribution in [3.63, 3.8) is 0 Å². The van der Waals surface area contributed by atoms with Crippen LogP contribution in [0.4, 0.5) is 0 Å². The van der Waals surface area contributed by atoms with Crippen LogP contribution in [0, 0.1) is 0 Å². The summed E-state index contributed by atoms with van der Waals surface area (Å²) in [7, 11) is 0. The van der Waals surface area contributed by atoms with E-state index in [4.69, 9.17) is 0 Å². The molecule has 0 N–H and O–H groups in total. The van der Waals surface area contributed by atoms with Crippen molar-refractivity contribution in [3.8, 4) is 0 Å². The SMILES string of the molecule is SCc1cn2cc(C3CC3)ccc2n1. The normalized spacial score (nSPS) is 16.4. The zero-order valence-corrected chi connectivity index (χ0v) is 8.74. The van der Waals surface area contributed by atoms with Crippen LogP contribution in [0.2, 0.25) is 0 Å². The number of thiol groups is 1. The quantitative estimate of drug-likeness (QED) is 0.744. The molecule has 0 spiro atoms.